The number of carbonyl (C=O) groups excluding carboxylic acids is 3. The first kappa shape index (κ1) is 22.5. The molecular formula is C26H21BrN2O4. The number of urea groups is 1. The number of anilines is 1. The van der Waals surface area contributed by atoms with Crippen LogP contribution in [-0.4, -0.2) is 17.8 Å². The van der Waals surface area contributed by atoms with Crippen molar-refractivity contribution in [1.29, 1.82) is 0 Å². The van der Waals surface area contributed by atoms with Gasteiger partial charge in [-0.25, -0.2) is 9.69 Å². The lowest BCUT2D eigenvalue weighted by atomic mass is 10.1. The Bertz CT molecular complexity index is 1300. The first-order valence-electron chi connectivity index (χ1n) is 10.3. The first-order chi connectivity index (χ1) is 15.8. The van der Waals surface area contributed by atoms with Crippen LogP contribution in [0.1, 0.15) is 22.3 Å². The minimum absolute atomic E-state index is 0.158. The zero-order chi connectivity index (χ0) is 23.5. The molecular weight excluding hydrogens is 484 g/mol. The second-order valence-corrected chi connectivity index (χ2v) is 8.67. The zero-order valence-corrected chi connectivity index (χ0v) is 19.7. The number of imide groups is 2. The number of aryl methyl sites for hydroxylation is 2. The largest absolute Gasteiger partial charge is 0.488 e. The van der Waals surface area contributed by atoms with Crippen molar-refractivity contribution in [3.63, 3.8) is 0 Å². The summed E-state index contributed by atoms with van der Waals surface area (Å²) in [5.74, 6) is -0.940. The van der Waals surface area contributed by atoms with E-state index >= 15 is 0 Å². The summed E-state index contributed by atoms with van der Waals surface area (Å²) < 4.78 is 6.76. The molecule has 3 aromatic carbocycles. The first-order valence-corrected chi connectivity index (χ1v) is 11.1. The number of hydrogen-bond donors (Lipinski definition) is 1. The van der Waals surface area contributed by atoms with Gasteiger partial charge in [-0.15, -0.1) is 0 Å². The van der Waals surface area contributed by atoms with Crippen LogP contribution in [0.2, 0.25) is 0 Å². The second-order valence-electron chi connectivity index (χ2n) is 7.76. The summed E-state index contributed by atoms with van der Waals surface area (Å²) in [6.07, 6.45) is 1.45. The summed E-state index contributed by atoms with van der Waals surface area (Å²) in [5, 5.41) is 2.25. The number of barbiturate groups is 1. The van der Waals surface area contributed by atoms with Gasteiger partial charge in [-0.3, -0.25) is 14.9 Å². The average Bonchev–Trinajstić information content (AvgIpc) is 2.76. The maximum Gasteiger partial charge on any atom is 0.335 e. The molecule has 3 aromatic rings. The highest BCUT2D eigenvalue weighted by molar-refractivity contribution is 9.10. The van der Waals surface area contributed by atoms with E-state index in [0.29, 0.717) is 23.6 Å². The van der Waals surface area contributed by atoms with E-state index in [1.807, 2.05) is 50.2 Å². The molecule has 1 N–H and O–H groups in total. The summed E-state index contributed by atoms with van der Waals surface area (Å²) in [5.41, 5.74) is 3.78. The van der Waals surface area contributed by atoms with Crippen LogP contribution < -0.4 is 15.0 Å². The fraction of sp³-hybridized carbons (Fsp3) is 0.115. The standard InChI is InChI=1S/C26H21BrN2O4/c1-16-5-3-7-18(11-16)15-33-23-10-9-20(27)13-19(23)14-22-24(30)28-26(32)29(25(22)31)21-8-4-6-17(2)12-21/h3-14H,15H2,1-2H3,(H,28,30,32)/b22-14+. The van der Waals surface area contributed by atoms with Gasteiger partial charge in [0.2, 0.25) is 0 Å². The Morgan fingerprint density at radius 2 is 1.67 bits per heavy atom. The van der Waals surface area contributed by atoms with Crippen LogP contribution in [0, 0.1) is 13.8 Å². The third-order valence-electron chi connectivity index (χ3n) is 5.11. The molecule has 1 aliphatic heterocycles. The summed E-state index contributed by atoms with van der Waals surface area (Å²) >= 11 is 3.43. The van der Waals surface area contributed by atoms with Crippen LogP contribution >= 0.6 is 15.9 Å². The van der Waals surface area contributed by atoms with Crippen molar-refractivity contribution in [3.8, 4) is 5.75 Å². The molecule has 1 aliphatic rings. The molecule has 1 fully saturated rings. The van der Waals surface area contributed by atoms with Gasteiger partial charge in [0.05, 0.1) is 5.69 Å². The maximum atomic E-state index is 13.2. The summed E-state index contributed by atoms with van der Waals surface area (Å²) in [6, 6.07) is 19.5. The smallest absolute Gasteiger partial charge is 0.335 e. The Kier molecular flexibility index (Phi) is 6.42. The highest BCUT2D eigenvalue weighted by Gasteiger charge is 2.37. The van der Waals surface area contributed by atoms with E-state index in [1.165, 1.54) is 6.08 Å². The van der Waals surface area contributed by atoms with Gasteiger partial charge in [0.1, 0.15) is 17.9 Å². The fourth-order valence-corrected chi connectivity index (χ4v) is 3.92. The number of amides is 4. The monoisotopic (exact) mass is 504 g/mol. The van der Waals surface area contributed by atoms with Crippen LogP contribution in [-0.2, 0) is 16.2 Å². The van der Waals surface area contributed by atoms with Gasteiger partial charge in [0.25, 0.3) is 11.8 Å². The van der Waals surface area contributed by atoms with Crippen molar-refractivity contribution >= 4 is 45.5 Å². The van der Waals surface area contributed by atoms with E-state index in [4.69, 9.17) is 4.74 Å². The predicted molar refractivity (Wildman–Crippen MR) is 130 cm³/mol. The molecule has 33 heavy (non-hydrogen) atoms. The quantitative estimate of drug-likeness (QED) is 0.377. The molecule has 0 aromatic heterocycles. The highest BCUT2D eigenvalue weighted by atomic mass is 79.9. The van der Waals surface area contributed by atoms with Crippen molar-refractivity contribution in [2.45, 2.75) is 20.5 Å². The third kappa shape index (κ3) is 5.04. The van der Waals surface area contributed by atoms with Gasteiger partial charge in [-0.05, 0) is 61.4 Å². The van der Waals surface area contributed by atoms with E-state index in [1.54, 1.807) is 30.3 Å². The number of ether oxygens (including phenoxy) is 1. The van der Waals surface area contributed by atoms with Crippen LogP contribution in [0.3, 0.4) is 0 Å². The number of rotatable bonds is 5. The van der Waals surface area contributed by atoms with Crippen molar-refractivity contribution in [2.75, 3.05) is 4.90 Å². The van der Waals surface area contributed by atoms with Crippen molar-refractivity contribution in [3.05, 3.63) is 99.0 Å². The predicted octanol–water partition coefficient (Wildman–Crippen LogP) is 5.31. The molecule has 6 nitrogen and oxygen atoms in total. The molecule has 0 radical (unpaired) electrons. The lowest BCUT2D eigenvalue weighted by Crippen LogP contribution is -2.54. The molecule has 4 rings (SSSR count). The molecule has 1 heterocycles. The van der Waals surface area contributed by atoms with Crippen LogP contribution in [0.4, 0.5) is 10.5 Å². The molecule has 1 saturated heterocycles. The topological polar surface area (TPSA) is 75.7 Å². The molecule has 166 valence electrons. The normalized spacial score (nSPS) is 15.1. The SMILES string of the molecule is Cc1cccc(COc2ccc(Br)cc2/C=C2\C(=O)NC(=O)N(c3cccc(C)c3)C2=O)c1. The molecule has 0 saturated carbocycles. The number of halogens is 1. The van der Waals surface area contributed by atoms with Crippen LogP contribution in [0.25, 0.3) is 6.08 Å². The molecule has 0 bridgehead atoms. The van der Waals surface area contributed by atoms with Crippen LogP contribution in [0.15, 0.2) is 76.8 Å². The number of benzene rings is 3. The fourth-order valence-electron chi connectivity index (χ4n) is 3.54. The lowest BCUT2D eigenvalue weighted by molar-refractivity contribution is -0.122. The number of hydrogen-bond acceptors (Lipinski definition) is 4. The Morgan fingerprint density at radius 1 is 0.939 bits per heavy atom. The Morgan fingerprint density at radius 3 is 2.39 bits per heavy atom. The maximum absolute atomic E-state index is 13.2. The highest BCUT2D eigenvalue weighted by Crippen LogP contribution is 2.29. The number of nitrogens with one attached hydrogen (secondary N) is 1. The molecule has 0 unspecified atom stereocenters. The molecule has 7 heteroatoms. The van der Waals surface area contributed by atoms with Gasteiger partial charge >= 0.3 is 6.03 Å². The van der Waals surface area contributed by atoms with Gasteiger partial charge in [0.15, 0.2) is 0 Å². The van der Waals surface area contributed by atoms with Gasteiger partial charge in [0, 0.05) is 10.0 Å². The third-order valence-corrected chi connectivity index (χ3v) is 5.60. The Hall–Kier alpha value is -3.71. The summed E-state index contributed by atoms with van der Waals surface area (Å²) in [7, 11) is 0. The Balaban J connectivity index is 1.68. The van der Waals surface area contributed by atoms with E-state index in [2.05, 4.69) is 21.2 Å². The van der Waals surface area contributed by atoms with Gasteiger partial charge in [-0.1, -0.05) is 57.9 Å². The lowest BCUT2D eigenvalue weighted by Gasteiger charge is -2.26. The van der Waals surface area contributed by atoms with Gasteiger partial charge in [-0.2, -0.15) is 0 Å². The molecule has 0 aliphatic carbocycles. The molecule has 0 spiro atoms. The Labute approximate surface area is 200 Å². The number of nitrogens with zero attached hydrogens (tertiary/aromatic N) is 1. The minimum Gasteiger partial charge on any atom is -0.488 e. The van der Waals surface area contributed by atoms with E-state index in [9.17, 15) is 14.4 Å². The van der Waals surface area contributed by atoms with Crippen molar-refractivity contribution < 1.29 is 19.1 Å². The van der Waals surface area contributed by atoms with Crippen molar-refractivity contribution in [1.82, 2.24) is 5.32 Å². The van der Waals surface area contributed by atoms with Gasteiger partial charge < -0.3 is 4.74 Å². The van der Waals surface area contributed by atoms with E-state index < -0.39 is 17.8 Å². The minimum atomic E-state index is -0.780. The molecule has 0 atom stereocenters. The number of carbonyl (C=O) groups is 3. The summed E-state index contributed by atoms with van der Waals surface area (Å²) in [4.78, 5) is 39.2. The van der Waals surface area contributed by atoms with E-state index in [0.717, 1.165) is 26.1 Å². The molecule has 4 amide bonds. The van der Waals surface area contributed by atoms with Crippen LogP contribution in [0.5, 0.6) is 5.75 Å². The average molecular weight is 505 g/mol. The second kappa shape index (κ2) is 9.42. The zero-order valence-electron chi connectivity index (χ0n) is 18.1. The van der Waals surface area contributed by atoms with Crippen molar-refractivity contribution in [2.24, 2.45) is 0 Å². The summed E-state index contributed by atoms with van der Waals surface area (Å²) in [6.45, 7) is 4.19. The van der Waals surface area contributed by atoms with E-state index in [-0.39, 0.29) is 5.57 Å².